The number of aliphatic carboxylic acids is 1. The van der Waals surface area contributed by atoms with Crippen molar-refractivity contribution in [3.63, 3.8) is 0 Å². The first-order valence-electron chi connectivity index (χ1n) is 8.35. The van der Waals surface area contributed by atoms with E-state index in [2.05, 4.69) is 5.32 Å². The lowest BCUT2D eigenvalue weighted by Crippen LogP contribution is -2.41. The van der Waals surface area contributed by atoms with E-state index in [4.69, 9.17) is 4.42 Å². The molecule has 1 atom stereocenters. The molecular weight excluding hydrogens is 344 g/mol. The van der Waals surface area contributed by atoms with Gasteiger partial charge >= 0.3 is 5.97 Å². The molecule has 25 heavy (non-hydrogen) atoms. The van der Waals surface area contributed by atoms with Gasteiger partial charge in [0.1, 0.15) is 11.6 Å². The molecular formula is C17H20N2O5S. The lowest BCUT2D eigenvalue weighted by atomic mass is 9.77. The normalized spacial score (nSPS) is 24.1. The Kier molecular flexibility index (Phi) is 3.86. The first-order chi connectivity index (χ1) is 11.9. The zero-order chi connectivity index (χ0) is 17.7. The highest BCUT2D eigenvalue weighted by molar-refractivity contribution is 7.89. The number of hydrogen-bond acceptors (Lipinski definition) is 5. The number of carbonyl (C=O) groups is 1. The number of nitrogens with zero attached hydrogens (tertiary/aromatic N) is 1. The van der Waals surface area contributed by atoms with E-state index in [9.17, 15) is 18.3 Å². The monoisotopic (exact) mass is 364 g/mol. The molecule has 1 aromatic heterocycles. The summed E-state index contributed by atoms with van der Waals surface area (Å²) in [7, 11) is -4.00. The molecule has 0 saturated carbocycles. The Morgan fingerprint density at radius 1 is 1.28 bits per heavy atom. The minimum Gasteiger partial charge on any atom is -0.480 e. The van der Waals surface area contributed by atoms with Gasteiger partial charge in [-0.25, -0.2) is 8.42 Å². The van der Waals surface area contributed by atoms with Gasteiger partial charge in [0.05, 0.1) is 0 Å². The Balaban J connectivity index is 1.73. The van der Waals surface area contributed by atoms with Crippen molar-refractivity contribution < 1.29 is 22.7 Å². The summed E-state index contributed by atoms with van der Waals surface area (Å²) >= 11 is 0. The third-order valence-corrected chi connectivity index (χ3v) is 7.09. The minimum atomic E-state index is -4.00. The van der Waals surface area contributed by atoms with Crippen molar-refractivity contribution in [3.8, 4) is 0 Å². The summed E-state index contributed by atoms with van der Waals surface area (Å²) in [5, 5.41) is 13.3. The van der Waals surface area contributed by atoms with Gasteiger partial charge in [0.2, 0.25) is 5.09 Å². The number of piperidine rings is 1. The second-order valence-electron chi connectivity index (χ2n) is 6.96. The van der Waals surface area contributed by atoms with Gasteiger partial charge in [-0.3, -0.25) is 4.79 Å². The first-order valence-corrected chi connectivity index (χ1v) is 9.79. The highest BCUT2D eigenvalue weighted by Crippen LogP contribution is 2.44. The fourth-order valence-electron chi connectivity index (χ4n) is 4.00. The van der Waals surface area contributed by atoms with Gasteiger partial charge in [0.15, 0.2) is 0 Å². The number of benzene rings is 1. The van der Waals surface area contributed by atoms with E-state index in [1.54, 1.807) is 24.3 Å². The molecule has 2 saturated heterocycles. The Labute approximate surface area is 145 Å². The van der Waals surface area contributed by atoms with Crippen LogP contribution in [0.25, 0.3) is 11.0 Å². The number of sulfonamides is 1. The maximum atomic E-state index is 13.1. The highest BCUT2D eigenvalue weighted by atomic mass is 32.2. The second-order valence-corrected chi connectivity index (χ2v) is 8.78. The van der Waals surface area contributed by atoms with Crippen molar-refractivity contribution in [2.24, 2.45) is 5.41 Å². The number of carboxylic acid groups (broad SMARTS) is 1. The lowest BCUT2D eigenvalue weighted by molar-refractivity contribution is -0.140. The Bertz CT molecular complexity index is 881. The molecule has 0 bridgehead atoms. The second kappa shape index (κ2) is 5.82. The molecule has 2 aromatic rings. The Hall–Kier alpha value is -1.90. The predicted molar refractivity (Wildman–Crippen MR) is 90.7 cm³/mol. The molecule has 2 fully saturated rings. The number of hydrogen-bond donors (Lipinski definition) is 2. The van der Waals surface area contributed by atoms with Gasteiger partial charge in [0.25, 0.3) is 10.0 Å². The summed E-state index contributed by atoms with van der Waals surface area (Å²) in [4.78, 5) is 11.7. The van der Waals surface area contributed by atoms with Crippen molar-refractivity contribution in [1.29, 1.82) is 0 Å². The Morgan fingerprint density at radius 3 is 2.68 bits per heavy atom. The molecule has 2 aliphatic heterocycles. The molecule has 7 nitrogen and oxygen atoms in total. The molecule has 4 rings (SSSR count). The van der Waals surface area contributed by atoms with E-state index >= 15 is 0 Å². The first kappa shape index (κ1) is 16.6. The van der Waals surface area contributed by atoms with Crippen molar-refractivity contribution >= 4 is 27.0 Å². The van der Waals surface area contributed by atoms with Gasteiger partial charge < -0.3 is 14.8 Å². The smallest absolute Gasteiger partial charge is 0.322 e. The molecule has 0 amide bonds. The standard InChI is InChI=1S/C17H20N2O5S/c20-16(21)13-10-17(5-7-18-8-6-17)11-19(13)25(22,23)15-9-12-3-1-2-4-14(12)24-15/h1-4,9,13,18H,5-8,10-11H2,(H,20,21)/t13-/m1/s1. The maximum Gasteiger partial charge on any atom is 0.322 e. The van der Waals surface area contributed by atoms with E-state index in [0.717, 1.165) is 30.2 Å². The molecule has 3 heterocycles. The van der Waals surface area contributed by atoms with Crippen LogP contribution >= 0.6 is 0 Å². The summed E-state index contributed by atoms with van der Waals surface area (Å²) in [6.07, 6.45) is 1.91. The molecule has 1 aromatic carbocycles. The van der Waals surface area contributed by atoms with Crippen LogP contribution in [0.5, 0.6) is 0 Å². The highest BCUT2D eigenvalue weighted by Gasteiger charge is 2.52. The van der Waals surface area contributed by atoms with Gasteiger partial charge in [-0.1, -0.05) is 18.2 Å². The van der Waals surface area contributed by atoms with Crippen molar-refractivity contribution in [1.82, 2.24) is 9.62 Å². The largest absolute Gasteiger partial charge is 0.480 e. The molecule has 0 aliphatic carbocycles. The van der Waals surface area contributed by atoms with Crippen molar-refractivity contribution in [2.75, 3.05) is 19.6 Å². The number of furan rings is 1. The van der Waals surface area contributed by atoms with E-state index in [0.29, 0.717) is 17.4 Å². The van der Waals surface area contributed by atoms with E-state index in [1.165, 1.54) is 6.07 Å². The zero-order valence-corrected chi connectivity index (χ0v) is 14.5. The van der Waals surface area contributed by atoms with E-state index in [-0.39, 0.29) is 17.1 Å². The zero-order valence-electron chi connectivity index (χ0n) is 13.6. The summed E-state index contributed by atoms with van der Waals surface area (Å²) < 4.78 is 32.8. The van der Waals surface area contributed by atoms with Crippen LogP contribution in [0.2, 0.25) is 0 Å². The maximum absolute atomic E-state index is 13.1. The minimum absolute atomic E-state index is 0.189. The average molecular weight is 364 g/mol. The van der Waals surface area contributed by atoms with Gasteiger partial charge in [-0.05, 0) is 43.8 Å². The number of rotatable bonds is 3. The quantitative estimate of drug-likeness (QED) is 0.859. The third kappa shape index (κ3) is 2.74. The van der Waals surface area contributed by atoms with Crippen LogP contribution in [0, 0.1) is 5.41 Å². The fraction of sp³-hybridized carbons (Fsp3) is 0.471. The summed E-state index contributed by atoms with van der Waals surface area (Å²) in [5.41, 5.74) is 0.205. The number of nitrogens with one attached hydrogen (secondary N) is 1. The van der Waals surface area contributed by atoms with Crippen LogP contribution in [-0.2, 0) is 14.8 Å². The van der Waals surface area contributed by atoms with Crippen LogP contribution < -0.4 is 5.32 Å². The van der Waals surface area contributed by atoms with Crippen LogP contribution in [0.3, 0.4) is 0 Å². The molecule has 134 valence electrons. The topological polar surface area (TPSA) is 99.9 Å². The van der Waals surface area contributed by atoms with Gasteiger partial charge in [-0.15, -0.1) is 0 Å². The molecule has 2 N–H and O–H groups in total. The number of para-hydroxylation sites is 1. The van der Waals surface area contributed by atoms with E-state index in [1.807, 2.05) is 0 Å². The SMILES string of the molecule is O=C(O)[C@H]1CC2(CCNCC2)CN1S(=O)(=O)c1cc2ccccc2o1. The Morgan fingerprint density at radius 2 is 2.00 bits per heavy atom. The molecule has 1 spiro atoms. The van der Waals surface area contributed by atoms with Crippen LogP contribution in [0.15, 0.2) is 39.8 Å². The fourth-order valence-corrected chi connectivity index (χ4v) is 5.65. The van der Waals surface area contributed by atoms with Gasteiger partial charge in [-0.2, -0.15) is 4.31 Å². The van der Waals surface area contributed by atoms with Crippen LogP contribution in [0.1, 0.15) is 19.3 Å². The van der Waals surface area contributed by atoms with Crippen molar-refractivity contribution in [3.05, 3.63) is 30.3 Å². The summed E-state index contributed by atoms with van der Waals surface area (Å²) in [6, 6.07) is 7.45. The summed E-state index contributed by atoms with van der Waals surface area (Å²) in [6.45, 7) is 1.79. The molecule has 8 heteroatoms. The predicted octanol–water partition coefficient (Wildman–Crippen LogP) is 1.65. The molecule has 0 radical (unpaired) electrons. The number of carboxylic acids is 1. The van der Waals surface area contributed by atoms with Crippen molar-refractivity contribution in [2.45, 2.75) is 30.4 Å². The lowest BCUT2D eigenvalue weighted by Gasteiger charge is -2.33. The third-order valence-electron chi connectivity index (χ3n) is 5.38. The van der Waals surface area contributed by atoms with E-state index < -0.39 is 22.0 Å². The average Bonchev–Trinajstić information content (AvgIpc) is 3.18. The summed E-state index contributed by atoms with van der Waals surface area (Å²) in [5.74, 6) is -1.10. The molecule has 0 unspecified atom stereocenters. The van der Waals surface area contributed by atoms with Crippen LogP contribution in [-0.4, -0.2) is 49.5 Å². The van der Waals surface area contributed by atoms with Gasteiger partial charge in [0, 0.05) is 18.0 Å². The molecule has 2 aliphatic rings. The number of fused-ring (bicyclic) bond motifs is 1. The van der Waals surface area contributed by atoms with Crippen LogP contribution in [0.4, 0.5) is 0 Å².